The second-order valence-electron chi connectivity index (χ2n) is 5.82. The second kappa shape index (κ2) is 5.99. The molecule has 1 aliphatic heterocycles. The van der Waals surface area contributed by atoms with Crippen molar-refractivity contribution in [3.05, 3.63) is 0 Å². The average Bonchev–Trinajstić information content (AvgIpc) is 2.19. The predicted molar refractivity (Wildman–Crippen MR) is 68.6 cm³/mol. The van der Waals surface area contributed by atoms with E-state index >= 15 is 0 Å². The molecule has 1 heterocycles. The summed E-state index contributed by atoms with van der Waals surface area (Å²) in [5.74, 6) is 0.445. The van der Waals surface area contributed by atoms with Gasteiger partial charge in [-0.25, -0.2) is 0 Å². The molecule has 3 heteroatoms. The molecule has 1 rings (SSSR count). The number of hydrogen-bond acceptors (Lipinski definition) is 3. The summed E-state index contributed by atoms with van der Waals surface area (Å²) in [6, 6.07) is 0. The molecule has 1 unspecified atom stereocenters. The number of aliphatic hydroxyl groups excluding tert-OH is 1. The van der Waals surface area contributed by atoms with Crippen molar-refractivity contribution in [2.24, 2.45) is 5.92 Å². The van der Waals surface area contributed by atoms with Crippen LogP contribution in [-0.2, 0) is 0 Å². The topological polar surface area (TPSA) is 26.7 Å². The zero-order valence-electron chi connectivity index (χ0n) is 11.4. The van der Waals surface area contributed by atoms with Crippen LogP contribution in [0.1, 0.15) is 33.1 Å². The Hall–Kier alpha value is -0.120. The number of nitrogens with zero attached hydrogens (tertiary/aromatic N) is 2. The Labute approximate surface area is 100 Å². The van der Waals surface area contributed by atoms with E-state index in [0.29, 0.717) is 12.5 Å². The highest BCUT2D eigenvalue weighted by Gasteiger charge is 2.37. The lowest BCUT2D eigenvalue weighted by molar-refractivity contribution is -0.00571. The van der Waals surface area contributed by atoms with Crippen molar-refractivity contribution in [3.8, 4) is 0 Å². The molecular formula is C13H28N2O. The summed E-state index contributed by atoms with van der Waals surface area (Å²) in [6.07, 6.45) is 3.62. The highest BCUT2D eigenvalue weighted by molar-refractivity contribution is 4.92. The monoisotopic (exact) mass is 228 g/mol. The fourth-order valence-corrected chi connectivity index (χ4v) is 2.72. The normalized spacial score (nSPS) is 26.2. The second-order valence-corrected chi connectivity index (χ2v) is 5.82. The summed E-state index contributed by atoms with van der Waals surface area (Å²) in [4.78, 5) is 4.79. The van der Waals surface area contributed by atoms with Crippen LogP contribution >= 0.6 is 0 Å². The molecule has 0 amide bonds. The van der Waals surface area contributed by atoms with Crippen molar-refractivity contribution >= 4 is 0 Å². The molecule has 1 atom stereocenters. The van der Waals surface area contributed by atoms with Crippen molar-refractivity contribution in [2.45, 2.75) is 38.6 Å². The van der Waals surface area contributed by atoms with Gasteiger partial charge in [-0.3, -0.25) is 4.90 Å². The molecule has 0 aromatic rings. The minimum atomic E-state index is 0.166. The lowest BCUT2D eigenvalue weighted by atomic mass is 9.79. The zero-order chi connectivity index (χ0) is 12.2. The molecule has 3 nitrogen and oxygen atoms in total. The molecule has 0 spiro atoms. The Morgan fingerprint density at radius 1 is 1.38 bits per heavy atom. The first-order chi connectivity index (χ1) is 7.48. The van der Waals surface area contributed by atoms with E-state index in [1.165, 1.54) is 25.8 Å². The third-order valence-electron chi connectivity index (χ3n) is 4.05. The van der Waals surface area contributed by atoms with Gasteiger partial charge in [0.05, 0.1) is 0 Å². The number of hydrogen-bond donors (Lipinski definition) is 1. The van der Waals surface area contributed by atoms with Gasteiger partial charge in [0, 0.05) is 12.1 Å². The van der Waals surface area contributed by atoms with E-state index < -0.39 is 0 Å². The minimum Gasteiger partial charge on any atom is -0.396 e. The van der Waals surface area contributed by atoms with Gasteiger partial charge in [0.15, 0.2) is 0 Å². The first-order valence-corrected chi connectivity index (χ1v) is 6.49. The highest BCUT2D eigenvalue weighted by atomic mass is 16.3. The van der Waals surface area contributed by atoms with Crippen LogP contribution in [0.25, 0.3) is 0 Å². The summed E-state index contributed by atoms with van der Waals surface area (Å²) in [7, 11) is 4.25. The molecule has 0 bridgehead atoms. The van der Waals surface area contributed by atoms with Gasteiger partial charge in [-0.1, -0.05) is 0 Å². The van der Waals surface area contributed by atoms with E-state index in [4.69, 9.17) is 0 Å². The Bertz CT molecular complexity index is 204. The van der Waals surface area contributed by atoms with Crippen molar-refractivity contribution in [1.82, 2.24) is 9.80 Å². The van der Waals surface area contributed by atoms with Gasteiger partial charge >= 0.3 is 0 Å². The van der Waals surface area contributed by atoms with Crippen LogP contribution in [0, 0.1) is 5.92 Å². The van der Waals surface area contributed by atoms with Crippen molar-refractivity contribution < 1.29 is 5.11 Å². The molecule has 0 aromatic carbocycles. The first kappa shape index (κ1) is 13.9. The van der Waals surface area contributed by atoms with E-state index in [2.05, 4.69) is 37.7 Å². The highest BCUT2D eigenvalue weighted by Crippen LogP contribution is 2.32. The van der Waals surface area contributed by atoms with E-state index in [0.717, 1.165) is 13.1 Å². The van der Waals surface area contributed by atoms with Gasteiger partial charge in [-0.05, 0) is 72.8 Å². The molecule has 16 heavy (non-hydrogen) atoms. The average molecular weight is 228 g/mol. The molecule has 96 valence electrons. The Morgan fingerprint density at radius 3 is 2.62 bits per heavy atom. The van der Waals surface area contributed by atoms with E-state index in [1.54, 1.807) is 0 Å². The number of rotatable bonds is 5. The summed E-state index contributed by atoms with van der Waals surface area (Å²) in [5.41, 5.74) is 0.166. The Balaban J connectivity index is 2.45. The van der Waals surface area contributed by atoms with Gasteiger partial charge in [0.1, 0.15) is 0 Å². The molecule has 1 N–H and O–H groups in total. The van der Waals surface area contributed by atoms with Crippen LogP contribution in [0.5, 0.6) is 0 Å². The minimum absolute atomic E-state index is 0.166. The van der Waals surface area contributed by atoms with Gasteiger partial charge in [0.25, 0.3) is 0 Å². The fourth-order valence-electron chi connectivity index (χ4n) is 2.72. The standard InChI is InChI=1S/C13H28N2O/c1-13(2)12(11-16)7-5-9-15(13)10-6-8-14(3)4/h12,16H,5-11H2,1-4H3. The van der Waals surface area contributed by atoms with Crippen LogP contribution in [-0.4, -0.2) is 60.8 Å². The van der Waals surface area contributed by atoms with E-state index in [1.807, 2.05) is 0 Å². The lowest BCUT2D eigenvalue weighted by Gasteiger charge is -2.47. The van der Waals surface area contributed by atoms with E-state index in [-0.39, 0.29) is 5.54 Å². The van der Waals surface area contributed by atoms with Crippen LogP contribution in [0.2, 0.25) is 0 Å². The molecule has 0 saturated carbocycles. The van der Waals surface area contributed by atoms with E-state index in [9.17, 15) is 5.11 Å². The van der Waals surface area contributed by atoms with Crippen LogP contribution in [0.15, 0.2) is 0 Å². The Kier molecular flexibility index (Phi) is 5.22. The van der Waals surface area contributed by atoms with Gasteiger partial charge < -0.3 is 10.0 Å². The maximum atomic E-state index is 9.42. The zero-order valence-corrected chi connectivity index (χ0v) is 11.4. The summed E-state index contributed by atoms with van der Waals surface area (Å²) >= 11 is 0. The van der Waals surface area contributed by atoms with Crippen LogP contribution in [0.4, 0.5) is 0 Å². The third kappa shape index (κ3) is 3.44. The maximum absolute atomic E-state index is 9.42. The molecule has 1 aliphatic rings. The van der Waals surface area contributed by atoms with Gasteiger partial charge in [-0.15, -0.1) is 0 Å². The maximum Gasteiger partial charge on any atom is 0.0476 e. The number of aliphatic hydroxyl groups is 1. The molecule has 0 aromatic heterocycles. The molecule has 0 radical (unpaired) electrons. The molecular weight excluding hydrogens is 200 g/mol. The summed E-state index contributed by atoms with van der Waals surface area (Å²) in [6.45, 7) is 8.39. The SMILES string of the molecule is CN(C)CCCN1CCCC(CO)C1(C)C. The largest absolute Gasteiger partial charge is 0.396 e. The lowest BCUT2D eigenvalue weighted by Crippen LogP contribution is -2.54. The Morgan fingerprint density at radius 2 is 2.06 bits per heavy atom. The van der Waals surface area contributed by atoms with Crippen molar-refractivity contribution in [3.63, 3.8) is 0 Å². The van der Waals surface area contributed by atoms with Crippen LogP contribution < -0.4 is 0 Å². The summed E-state index contributed by atoms with van der Waals surface area (Å²) < 4.78 is 0. The number of likely N-dealkylation sites (tertiary alicyclic amines) is 1. The molecule has 1 saturated heterocycles. The quantitative estimate of drug-likeness (QED) is 0.771. The fraction of sp³-hybridized carbons (Fsp3) is 1.00. The summed E-state index contributed by atoms with van der Waals surface area (Å²) in [5, 5.41) is 9.42. The van der Waals surface area contributed by atoms with Crippen molar-refractivity contribution in [1.29, 1.82) is 0 Å². The first-order valence-electron chi connectivity index (χ1n) is 6.49. The van der Waals surface area contributed by atoms with Crippen LogP contribution in [0.3, 0.4) is 0 Å². The predicted octanol–water partition coefficient (Wildman–Crippen LogP) is 1.42. The number of piperidine rings is 1. The van der Waals surface area contributed by atoms with Gasteiger partial charge in [0.2, 0.25) is 0 Å². The van der Waals surface area contributed by atoms with Crippen molar-refractivity contribution in [2.75, 3.05) is 40.3 Å². The third-order valence-corrected chi connectivity index (χ3v) is 4.05. The smallest absolute Gasteiger partial charge is 0.0476 e. The molecule has 0 aliphatic carbocycles. The van der Waals surface area contributed by atoms with Gasteiger partial charge in [-0.2, -0.15) is 0 Å². The molecule has 1 fully saturated rings.